The van der Waals surface area contributed by atoms with Gasteiger partial charge in [0.25, 0.3) is 0 Å². The largest absolute Gasteiger partial charge is 0.504 e. The summed E-state index contributed by atoms with van der Waals surface area (Å²) < 4.78 is 11.0. The van der Waals surface area contributed by atoms with Crippen LogP contribution < -0.4 is 4.74 Å². The average molecular weight is 411 g/mol. The molecule has 0 saturated carbocycles. The normalized spacial score (nSPS) is 12.5. The SMILES string of the molecule is C=C(C)C(=O)OCCC(COc1cccc(C(C)(C)C)c1O)N=Nc1ccccc1. The molecule has 0 spiro atoms. The molecule has 2 rings (SSSR count). The number of para-hydroxylation sites is 1. The maximum Gasteiger partial charge on any atom is 0.333 e. The van der Waals surface area contributed by atoms with E-state index in [0.29, 0.717) is 17.7 Å². The molecule has 0 saturated heterocycles. The van der Waals surface area contributed by atoms with E-state index in [1.807, 2.05) is 63.2 Å². The molecule has 6 heteroatoms. The monoisotopic (exact) mass is 410 g/mol. The minimum atomic E-state index is -0.440. The van der Waals surface area contributed by atoms with E-state index in [1.54, 1.807) is 13.0 Å². The highest BCUT2D eigenvalue weighted by atomic mass is 16.5. The van der Waals surface area contributed by atoms with E-state index in [9.17, 15) is 9.90 Å². The van der Waals surface area contributed by atoms with E-state index < -0.39 is 5.97 Å². The van der Waals surface area contributed by atoms with Crippen molar-refractivity contribution in [2.75, 3.05) is 13.2 Å². The number of azo groups is 1. The minimum Gasteiger partial charge on any atom is -0.504 e. The maximum absolute atomic E-state index is 11.6. The van der Waals surface area contributed by atoms with Crippen molar-refractivity contribution in [1.29, 1.82) is 0 Å². The van der Waals surface area contributed by atoms with Crippen molar-refractivity contribution in [3.05, 3.63) is 66.2 Å². The quantitative estimate of drug-likeness (QED) is 0.325. The van der Waals surface area contributed by atoms with Gasteiger partial charge < -0.3 is 14.6 Å². The van der Waals surface area contributed by atoms with Crippen LogP contribution in [0.5, 0.6) is 11.5 Å². The minimum absolute atomic E-state index is 0.123. The molecule has 30 heavy (non-hydrogen) atoms. The van der Waals surface area contributed by atoms with Crippen LogP contribution in [0.3, 0.4) is 0 Å². The summed E-state index contributed by atoms with van der Waals surface area (Å²) in [5, 5.41) is 19.2. The number of hydrogen-bond donors (Lipinski definition) is 1. The van der Waals surface area contributed by atoms with Crippen molar-refractivity contribution in [3.8, 4) is 11.5 Å². The standard InChI is InChI=1S/C24H30N2O4/c1-17(2)23(28)29-15-14-19(26-25-18-10-7-6-8-11-18)16-30-21-13-9-12-20(22(21)27)24(3,4)5/h6-13,19,27H,1,14-16H2,2-5H3. The molecule has 0 fully saturated rings. The van der Waals surface area contributed by atoms with Crippen molar-refractivity contribution < 1.29 is 19.4 Å². The number of carbonyl (C=O) groups is 1. The van der Waals surface area contributed by atoms with Crippen LogP contribution in [-0.2, 0) is 14.9 Å². The fraction of sp³-hybridized carbons (Fsp3) is 0.375. The lowest BCUT2D eigenvalue weighted by molar-refractivity contribution is -0.139. The molecule has 6 nitrogen and oxygen atoms in total. The van der Waals surface area contributed by atoms with Gasteiger partial charge in [0.2, 0.25) is 0 Å². The second-order valence-corrected chi connectivity index (χ2v) is 8.12. The summed E-state index contributed by atoms with van der Waals surface area (Å²) in [6.07, 6.45) is 0.426. The van der Waals surface area contributed by atoms with Gasteiger partial charge in [-0.1, -0.05) is 57.7 Å². The van der Waals surface area contributed by atoms with Crippen LogP contribution in [0.2, 0.25) is 0 Å². The van der Waals surface area contributed by atoms with Gasteiger partial charge in [-0.25, -0.2) is 4.79 Å². The molecule has 1 N–H and O–H groups in total. The number of aromatic hydroxyl groups is 1. The van der Waals surface area contributed by atoms with Gasteiger partial charge in [-0.3, -0.25) is 0 Å². The Hall–Kier alpha value is -3.15. The summed E-state index contributed by atoms with van der Waals surface area (Å²) >= 11 is 0. The fourth-order valence-electron chi connectivity index (χ4n) is 2.66. The smallest absolute Gasteiger partial charge is 0.333 e. The summed E-state index contributed by atoms with van der Waals surface area (Å²) in [6.45, 7) is 11.6. The van der Waals surface area contributed by atoms with E-state index >= 15 is 0 Å². The van der Waals surface area contributed by atoms with Gasteiger partial charge in [0, 0.05) is 17.6 Å². The van der Waals surface area contributed by atoms with Gasteiger partial charge in [-0.05, 0) is 30.5 Å². The number of benzene rings is 2. The highest BCUT2D eigenvalue weighted by molar-refractivity contribution is 5.86. The van der Waals surface area contributed by atoms with Crippen molar-refractivity contribution >= 4 is 11.7 Å². The van der Waals surface area contributed by atoms with E-state index in [1.165, 1.54) is 0 Å². The van der Waals surface area contributed by atoms with Crippen LogP contribution in [0.1, 0.15) is 39.7 Å². The predicted molar refractivity (Wildman–Crippen MR) is 117 cm³/mol. The van der Waals surface area contributed by atoms with Gasteiger partial charge >= 0.3 is 5.97 Å². The highest BCUT2D eigenvalue weighted by Crippen LogP contribution is 2.37. The number of nitrogens with zero attached hydrogens (tertiary/aromatic N) is 2. The molecule has 2 aromatic carbocycles. The molecule has 0 aromatic heterocycles. The van der Waals surface area contributed by atoms with Crippen LogP contribution in [-0.4, -0.2) is 30.3 Å². The summed E-state index contributed by atoms with van der Waals surface area (Å²) in [6, 6.07) is 14.5. The zero-order valence-electron chi connectivity index (χ0n) is 18.1. The van der Waals surface area contributed by atoms with E-state index in [4.69, 9.17) is 9.47 Å². The van der Waals surface area contributed by atoms with E-state index in [-0.39, 0.29) is 30.4 Å². The van der Waals surface area contributed by atoms with Crippen molar-refractivity contribution in [2.45, 2.75) is 45.6 Å². The lowest BCUT2D eigenvalue weighted by Crippen LogP contribution is -2.19. The molecule has 1 atom stereocenters. The Morgan fingerprint density at radius 3 is 2.47 bits per heavy atom. The van der Waals surface area contributed by atoms with Gasteiger partial charge in [-0.2, -0.15) is 10.2 Å². The maximum atomic E-state index is 11.6. The molecular formula is C24H30N2O4. The molecule has 0 aliphatic rings. The molecule has 1 unspecified atom stereocenters. The summed E-state index contributed by atoms with van der Waals surface area (Å²) in [5.41, 5.74) is 1.65. The Morgan fingerprint density at radius 1 is 1.13 bits per heavy atom. The highest BCUT2D eigenvalue weighted by Gasteiger charge is 2.21. The Kier molecular flexibility index (Phi) is 8.16. The third-order valence-corrected chi connectivity index (χ3v) is 4.36. The van der Waals surface area contributed by atoms with Gasteiger partial charge in [0.05, 0.1) is 12.3 Å². The number of rotatable bonds is 9. The Labute approximate surface area is 178 Å². The van der Waals surface area contributed by atoms with Crippen LogP contribution >= 0.6 is 0 Å². The molecular weight excluding hydrogens is 380 g/mol. The van der Waals surface area contributed by atoms with Gasteiger partial charge in [-0.15, -0.1) is 0 Å². The first kappa shape index (κ1) is 23.1. The second kappa shape index (κ2) is 10.6. The van der Waals surface area contributed by atoms with Gasteiger partial charge in [0.15, 0.2) is 11.5 Å². The molecule has 0 aliphatic carbocycles. The van der Waals surface area contributed by atoms with Crippen molar-refractivity contribution in [1.82, 2.24) is 0 Å². The Bertz CT molecular complexity index is 886. The first-order valence-corrected chi connectivity index (χ1v) is 9.92. The molecule has 2 aromatic rings. The molecule has 0 amide bonds. The molecule has 0 bridgehead atoms. The lowest BCUT2D eigenvalue weighted by atomic mass is 9.86. The molecule has 0 radical (unpaired) electrons. The number of ether oxygens (including phenoxy) is 2. The van der Waals surface area contributed by atoms with Crippen LogP contribution in [0, 0.1) is 0 Å². The summed E-state index contributed by atoms with van der Waals surface area (Å²) in [4.78, 5) is 11.6. The summed E-state index contributed by atoms with van der Waals surface area (Å²) in [7, 11) is 0. The lowest BCUT2D eigenvalue weighted by Gasteiger charge is -2.22. The third-order valence-electron chi connectivity index (χ3n) is 4.36. The fourth-order valence-corrected chi connectivity index (χ4v) is 2.66. The average Bonchev–Trinajstić information content (AvgIpc) is 2.70. The number of hydrogen-bond acceptors (Lipinski definition) is 6. The third kappa shape index (κ3) is 7.03. The first-order chi connectivity index (χ1) is 14.2. The molecule has 160 valence electrons. The number of carbonyl (C=O) groups excluding carboxylic acids is 1. The van der Waals surface area contributed by atoms with Gasteiger partial charge in [0.1, 0.15) is 12.6 Å². The number of esters is 1. The number of phenols is 1. The number of phenolic OH excluding ortho intramolecular Hbond substituents is 1. The van der Waals surface area contributed by atoms with E-state index in [0.717, 1.165) is 11.3 Å². The zero-order chi connectivity index (χ0) is 22.1. The van der Waals surface area contributed by atoms with Crippen molar-refractivity contribution in [2.24, 2.45) is 10.2 Å². The van der Waals surface area contributed by atoms with Crippen LogP contribution in [0.15, 0.2) is 70.9 Å². The van der Waals surface area contributed by atoms with Crippen LogP contribution in [0.25, 0.3) is 0 Å². The van der Waals surface area contributed by atoms with Crippen molar-refractivity contribution in [3.63, 3.8) is 0 Å². The first-order valence-electron chi connectivity index (χ1n) is 9.92. The Balaban J connectivity index is 2.09. The molecule has 0 heterocycles. The van der Waals surface area contributed by atoms with E-state index in [2.05, 4.69) is 16.8 Å². The Morgan fingerprint density at radius 2 is 1.83 bits per heavy atom. The second-order valence-electron chi connectivity index (χ2n) is 8.12. The molecule has 0 aliphatic heterocycles. The zero-order valence-corrected chi connectivity index (χ0v) is 18.1. The predicted octanol–water partition coefficient (Wildman–Crippen LogP) is 5.73. The van der Waals surface area contributed by atoms with Crippen LogP contribution in [0.4, 0.5) is 5.69 Å². The summed E-state index contributed by atoms with van der Waals surface area (Å²) in [5.74, 6) is 0.0731. The topological polar surface area (TPSA) is 80.5 Å².